The first-order valence-corrected chi connectivity index (χ1v) is 5.17. The van der Waals surface area contributed by atoms with Gasteiger partial charge in [0.15, 0.2) is 0 Å². The highest BCUT2D eigenvalue weighted by molar-refractivity contribution is 5.96. The van der Waals surface area contributed by atoms with Gasteiger partial charge in [-0.3, -0.25) is 4.79 Å². The van der Waals surface area contributed by atoms with E-state index in [4.69, 9.17) is 5.11 Å². The number of hydrogen-bond acceptors (Lipinski definition) is 2. The van der Waals surface area contributed by atoms with E-state index in [9.17, 15) is 9.18 Å². The Morgan fingerprint density at radius 1 is 1.47 bits per heavy atom. The number of amides is 1. The Balaban J connectivity index is 3.14. The van der Waals surface area contributed by atoms with E-state index in [-0.39, 0.29) is 18.1 Å². The van der Waals surface area contributed by atoms with Gasteiger partial charge in [-0.25, -0.2) is 4.39 Å². The summed E-state index contributed by atoms with van der Waals surface area (Å²) in [6.45, 7) is -0.0366. The minimum atomic E-state index is -0.470. The Hall–Kier alpha value is -1.86. The van der Waals surface area contributed by atoms with Crippen molar-refractivity contribution >= 4 is 5.91 Å². The zero-order valence-corrected chi connectivity index (χ0v) is 9.83. The molecular weight excluding hydrogens is 221 g/mol. The van der Waals surface area contributed by atoms with Crippen LogP contribution in [0.25, 0.3) is 0 Å². The normalized spacial score (nSPS) is 9.41. The van der Waals surface area contributed by atoms with Crippen LogP contribution in [0.15, 0.2) is 18.2 Å². The van der Waals surface area contributed by atoms with E-state index >= 15 is 0 Å². The molecule has 0 aliphatic rings. The van der Waals surface area contributed by atoms with Gasteiger partial charge < -0.3 is 10.0 Å². The first-order chi connectivity index (χ1) is 8.06. The first kappa shape index (κ1) is 13.2. The zero-order chi connectivity index (χ0) is 12.8. The molecule has 17 heavy (non-hydrogen) atoms. The maximum atomic E-state index is 13.1. The molecule has 0 atom stereocenters. The number of nitrogens with zero attached hydrogens (tertiary/aromatic N) is 1. The number of benzene rings is 1. The Morgan fingerprint density at radius 2 is 2.18 bits per heavy atom. The standard InChI is InChI=1S/C13H14FNO2/c1-15(2)13(17)12-9-11(14)7-6-10(12)5-3-4-8-16/h6-7,9,16H,4,8H2,1-2H3. The Bertz CT molecular complexity index is 472. The molecule has 1 aromatic rings. The van der Waals surface area contributed by atoms with E-state index in [2.05, 4.69) is 11.8 Å². The van der Waals surface area contributed by atoms with Gasteiger partial charge in [-0.1, -0.05) is 11.8 Å². The molecule has 1 amide bonds. The highest BCUT2D eigenvalue weighted by Gasteiger charge is 2.13. The number of hydrogen-bond donors (Lipinski definition) is 1. The van der Waals surface area contributed by atoms with E-state index in [1.165, 1.54) is 23.1 Å². The molecule has 0 aromatic heterocycles. The van der Waals surface area contributed by atoms with Gasteiger partial charge in [-0.05, 0) is 18.2 Å². The van der Waals surface area contributed by atoms with E-state index < -0.39 is 5.82 Å². The highest BCUT2D eigenvalue weighted by Crippen LogP contribution is 2.12. The number of rotatable bonds is 2. The molecule has 0 saturated heterocycles. The fourth-order valence-corrected chi connectivity index (χ4v) is 1.26. The molecule has 3 nitrogen and oxygen atoms in total. The molecular formula is C13H14FNO2. The molecule has 0 aliphatic carbocycles. The van der Waals surface area contributed by atoms with Crippen molar-refractivity contribution in [2.24, 2.45) is 0 Å². The lowest BCUT2D eigenvalue weighted by atomic mass is 10.1. The van der Waals surface area contributed by atoms with Crippen LogP contribution in [0.5, 0.6) is 0 Å². The van der Waals surface area contributed by atoms with Crippen molar-refractivity contribution in [3.05, 3.63) is 35.1 Å². The van der Waals surface area contributed by atoms with Gasteiger partial charge in [-0.2, -0.15) is 0 Å². The van der Waals surface area contributed by atoms with Gasteiger partial charge >= 0.3 is 0 Å². The topological polar surface area (TPSA) is 40.5 Å². The van der Waals surface area contributed by atoms with Crippen LogP contribution >= 0.6 is 0 Å². The van der Waals surface area contributed by atoms with Crippen molar-refractivity contribution in [3.8, 4) is 11.8 Å². The van der Waals surface area contributed by atoms with Crippen molar-refractivity contribution < 1.29 is 14.3 Å². The molecule has 0 aliphatic heterocycles. The van der Waals surface area contributed by atoms with Crippen LogP contribution in [0.1, 0.15) is 22.3 Å². The molecule has 1 aromatic carbocycles. The van der Waals surface area contributed by atoms with Crippen molar-refractivity contribution in [2.75, 3.05) is 20.7 Å². The SMILES string of the molecule is CN(C)C(=O)c1cc(F)ccc1C#CCCO. The fourth-order valence-electron chi connectivity index (χ4n) is 1.26. The molecule has 0 radical (unpaired) electrons. The van der Waals surface area contributed by atoms with E-state index in [1.54, 1.807) is 14.1 Å². The quantitative estimate of drug-likeness (QED) is 0.784. The van der Waals surface area contributed by atoms with E-state index in [0.29, 0.717) is 12.0 Å². The highest BCUT2D eigenvalue weighted by atomic mass is 19.1. The van der Waals surface area contributed by atoms with Crippen molar-refractivity contribution in [1.82, 2.24) is 4.90 Å². The number of aliphatic hydroxyl groups excluding tert-OH is 1. The van der Waals surface area contributed by atoms with Gasteiger partial charge in [0.1, 0.15) is 5.82 Å². The molecule has 0 spiro atoms. The average molecular weight is 235 g/mol. The van der Waals surface area contributed by atoms with Gasteiger partial charge in [0.2, 0.25) is 0 Å². The third-order valence-corrected chi connectivity index (χ3v) is 2.08. The Kier molecular flexibility index (Phi) is 4.68. The van der Waals surface area contributed by atoms with E-state index in [0.717, 1.165) is 0 Å². The Morgan fingerprint density at radius 3 is 2.76 bits per heavy atom. The minimum absolute atomic E-state index is 0.0366. The van der Waals surface area contributed by atoms with Crippen molar-refractivity contribution in [1.29, 1.82) is 0 Å². The third kappa shape index (κ3) is 3.58. The predicted molar refractivity (Wildman–Crippen MR) is 63.0 cm³/mol. The van der Waals surface area contributed by atoms with Crippen LogP contribution in [-0.4, -0.2) is 36.6 Å². The summed E-state index contributed by atoms with van der Waals surface area (Å²) in [5.41, 5.74) is 0.707. The van der Waals surface area contributed by atoms with Crippen LogP contribution in [0.4, 0.5) is 4.39 Å². The molecule has 0 heterocycles. The smallest absolute Gasteiger partial charge is 0.254 e. The van der Waals surface area contributed by atoms with Crippen LogP contribution in [0.3, 0.4) is 0 Å². The third-order valence-electron chi connectivity index (χ3n) is 2.08. The molecule has 0 saturated carbocycles. The monoisotopic (exact) mass is 235 g/mol. The lowest BCUT2D eigenvalue weighted by molar-refractivity contribution is 0.0827. The van der Waals surface area contributed by atoms with Gasteiger partial charge in [-0.15, -0.1) is 0 Å². The van der Waals surface area contributed by atoms with Gasteiger partial charge in [0, 0.05) is 26.1 Å². The average Bonchev–Trinajstić information content (AvgIpc) is 2.30. The summed E-state index contributed by atoms with van der Waals surface area (Å²) < 4.78 is 13.1. The summed E-state index contributed by atoms with van der Waals surface area (Å²) in [5, 5.41) is 8.62. The van der Waals surface area contributed by atoms with Crippen molar-refractivity contribution in [3.63, 3.8) is 0 Å². The Labute approximate surface area is 99.9 Å². The van der Waals surface area contributed by atoms with Gasteiger partial charge in [0.25, 0.3) is 5.91 Å². The first-order valence-electron chi connectivity index (χ1n) is 5.17. The zero-order valence-electron chi connectivity index (χ0n) is 9.83. The maximum Gasteiger partial charge on any atom is 0.254 e. The lowest BCUT2D eigenvalue weighted by Crippen LogP contribution is -2.22. The summed E-state index contributed by atoms with van der Waals surface area (Å²) in [6.07, 6.45) is 0.326. The van der Waals surface area contributed by atoms with Crippen LogP contribution in [-0.2, 0) is 0 Å². The summed E-state index contributed by atoms with van der Waals surface area (Å²) in [7, 11) is 3.19. The summed E-state index contributed by atoms with van der Waals surface area (Å²) in [5.74, 6) is 4.70. The van der Waals surface area contributed by atoms with E-state index in [1.807, 2.05) is 0 Å². The molecule has 0 fully saturated rings. The number of carbonyl (C=O) groups excluding carboxylic acids is 1. The fraction of sp³-hybridized carbons (Fsp3) is 0.308. The maximum absolute atomic E-state index is 13.1. The second-order valence-electron chi connectivity index (χ2n) is 3.66. The number of halogens is 1. The van der Waals surface area contributed by atoms with Crippen LogP contribution in [0.2, 0.25) is 0 Å². The molecule has 0 unspecified atom stereocenters. The second-order valence-corrected chi connectivity index (χ2v) is 3.66. The summed E-state index contributed by atoms with van der Waals surface area (Å²) in [6, 6.07) is 3.90. The molecule has 0 bridgehead atoms. The minimum Gasteiger partial charge on any atom is -0.395 e. The second kappa shape index (κ2) is 6.02. The summed E-state index contributed by atoms with van der Waals surface area (Å²) >= 11 is 0. The predicted octanol–water partition coefficient (Wildman–Crippen LogP) is 1.26. The summed E-state index contributed by atoms with van der Waals surface area (Å²) in [4.78, 5) is 13.2. The van der Waals surface area contributed by atoms with Crippen LogP contribution in [0, 0.1) is 17.7 Å². The number of carbonyl (C=O) groups is 1. The number of aliphatic hydroxyl groups is 1. The van der Waals surface area contributed by atoms with Crippen LogP contribution < -0.4 is 0 Å². The molecule has 4 heteroatoms. The molecule has 90 valence electrons. The van der Waals surface area contributed by atoms with Crippen molar-refractivity contribution in [2.45, 2.75) is 6.42 Å². The lowest BCUT2D eigenvalue weighted by Gasteiger charge is -2.11. The molecule has 1 N–H and O–H groups in total. The molecule has 1 rings (SSSR count). The van der Waals surface area contributed by atoms with Gasteiger partial charge in [0.05, 0.1) is 12.2 Å². The largest absolute Gasteiger partial charge is 0.395 e.